The van der Waals surface area contributed by atoms with Crippen molar-refractivity contribution in [3.63, 3.8) is 0 Å². The second-order valence-electron chi connectivity index (χ2n) is 22.6. The first-order valence-corrected chi connectivity index (χ1v) is 30.0. The van der Waals surface area contributed by atoms with E-state index < -0.39 is 40.2 Å². The minimum atomic E-state index is -2.32. The second kappa shape index (κ2) is 22.8. The monoisotopic (exact) mass is 1210 g/mol. The lowest BCUT2D eigenvalue weighted by atomic mass is 9.97. The number of fused-ring (bicyclic) bond motifs is 6. The van der Waals surface area contributed by atoms with Gasteiger partial charge in [0.05, 0.1) is 73.9 Å². The average molecular weight is 1210 g/mol. The van der Waals surface area contributed by atoms with Crippen LogP contribution < -0.4 is 0 Å². The van der Waals surface area contributed by atoms with Crippen LogP contribution in [-0.4, -0.2) is 29.1 Å². The first-order valence-electron chi connectivity index (χ1n) is 30.0. The first-order chi connectivity index (χ1) is 45.6. The molecule has 10 aromatic carbocycles. The maximum Gasteiger partial charge on any atom is 0.200 e. The summed E-state index contributed by atoms with van der Waals surface area (Å²) in [6, 6.07) is 86.2. The Bertz CT molecular complexity index is 5090. The van der Waals surface area contributed by atoms with E-state index in [0.717, 1.165) is 33.4 Å². The smallest absolute Gasteiger partial charge is 0.200 e. The summed E-state index contributed by atoms with van der Waals surface area (Å²) >= 11 is 0. The molecule has 0 N–H and O–H groups in total. The molecule has 93 heavy (non-hydrogen) atoms. The molecular weight excluding hydrogens is 1170 g/mol. The van der Waals surface area contributed by atoms with E-state index in [1.165, 1.54) is 12.1 Å². The van der Waals surface area contributed by atoms with Crippen molar-refractivity contribution in [3.05, 3.63) is 320 Å². The van der Waals surface area contributed by atoms with Gasteiger partial charge in [0.2, 0.25) is 5.82 Å². The predicted molar refractivity (Wildman–Crippen MR) is 361 cm³/mol. The lowest BCUT2D eigenvalue weighted by Crippen LogP contribution is -2.10. The van der Waals surface area contributed by atoms with Crippen LogP contribution in [0.3, 0.4) is 0 Å². The minimum Gasteiger partial charge on any atom is -0.310 e. The third-order valence-corrected chi connectivity index (χ3v) is 17.2. The van der Waals surface area contributed by atoms with E-state index >= 15 is 22.0 Å². The summed E-state index contributed by atoms with van der Waals surface area (Å²) in [4.78, 5) is 24.6. The topological polar surface area (TPSA) is 65.8 Å². The molecule has 0 aliphatic rings. The number of halogens is 5. The van der Waals surface area contributed by atoms with Gasteiger partial charge >= 0.3 is 0 Å². The largest absolute Gasteiger partial charge is 0.310 e. The van der Waals surface area contributed by atoms with Crippen molar-refractivity contribution >= 4 is 49.4 Å². The molecule has 440 valence electrons. The Labute approximate surface area is 529 Å². The van der Waals surface area contributed by atoms with Gasteiger partial charge in [0.1, 0.15) is 0 Å². The quantitative estimate of drug-likeness (QED) is 0.0560. The molecule has 12 heteroatoms. The standard InChI is InChI=1S/C81H46F5N7/c1-87-58-45-71(92-68-41-54(65-31-15-28-62(89-65)49-20-8-3-9-21-49)34-37-59(68)60-38-35-55(42-69(60)92)66-32-16-29-63(90-66)50-22-10-4-11-23-50)74(75-76(82)78(84)80(86)79(85)77(75)83)72(46-58)93-70-43-56(67-33-17-30-64(91-67)51-24-12-5-13-25-51)36-39-61(70)81-73(93)44-57(47-88-81)53-27-14-26-52(40-53)48-18-6-2-7-19-48/h2-47H. The Kier molecular flexibility index (Phi) is 13.7. The van der Waals surface area contributed by atoms with Crippen LogP contribution >= 0.6 is 0 Å². The van der Waals surface area contributed by atoms with Gasteiger partial charge in [-0.05, 0) is 102 Å². The molecule has 16 rings (SSSR count). The van der Waals surface area contributed by atoms with Gasteiger partial charge in [0, 0.05) is 78.2 Å². The van der Waals surface area contributed by atoms with Crippen molar-refractivity contribution in [2.75, 3.05) is 0 Å². The summed E-state index contributed by atoms with van der Waals surface area (Å²) in [6.45, 7) is 8.90. The van der Waals surface area contributed by atoms with Gasteiger partial charge in [-0.2, -0.15) is 0 Å². The van der Waals surface area contributed by atoms with Crippen molar-refractivity contribution < 1.29 is 22.0 Å². The molecule has 0 spiro atoms. The molecule has 0 amide bonds. The molecule has 0 fully saturated rings. The predicted octanol–water partition coefficient (Wildman–Crippen LogP) is 21.7. The SMILES string of the molecule is [C-]#[N+]c1cc(-n2c3cc(-c4cccc(-c5ccccc5)n4)ccc3c3ccc(-c4cccc(-c5ccccc5)n4)cc32)c(-c2c(F)c(F)c(F)c(F)c2F)c(-n2c3cc(-c4cccc(-c5ccccc5)n4)ccc3c3ncc(-c4cccc(-c5ccccc5)c4)cc32)c1. The van der Waals surface area contributed by atoms with Gasteiger partial charge in [-0.15, -0.1) is 0 Å². The van der Waals surface area contributed by atoms with Crippen LogP contribution in [0.2, 0.25) is 0 Å². The minimum absolute atomic E-state index is 0.0209. The zero-order valence-corrected chi connectivity index (χ0v) is 49.1. The van der Waals surface area contributed by atoms with Gasteiger partial charge in [0.25, 0.3) is 0 Å². The maximum atomic E-state index is 17.8. The molecule has 16 aromatic rings. The van der Waals surface area contributed by atoms with Crippen molar-refractivity contribution in [1.82, 2.24) is 29.1 Å². The van der Waals surface area contributed by atoms with Crippen LogP contribution in [0, 0.1) is 35.7 Å². The molecule has 6 heterocycles. The molecular formula is C81H46F5N7. The second-order valence-corrected chi connectivity index (χ2v) is 22.6. The molecule has 0 saturated carbocycles. The number of hydrogen-bond acceptors (Lipinski definition) is 4. The molecule has 0 radical (unpaired) electrons. The average Bonchev–Trinajstić information content (AvgIpc) is 1.63. The van der Waals surface area contributed by atoms with E-state index in [-0.39, 0.29) is 17.1 Å². The third-order valence-electron chi connectivity index (χ3n) is 17.2. The Morgan fingerprint density at radius 3 is 1.06 bits per heavy atom. The van der Waals surface area contributed by atoms with Crippen LogP contribution in [0.1, 0.15) is 0 Å². The third kappa shape index (κ3) is 9.74. The van der Waals surface area contributed by atoms with E-state index in [0.29, 0.717) is 100 Å². The lowest BCUT2D eigenvalue weighted by Gasteiger charge is -2.22. The van der Waals surface area contributed by atoms with Gasteiger partial charge in [-0.1, -0.05) is 188 Å². The first kappa shape index (κ1) is 55.8. The number of hydrogen-bond donors (Lipinski definition) is 0. The van der Waals surface area contributed by atoms with Crippen LogP contribution in [0.5, 0.6) is 0 Å². The zero-order chi connectivity index (χ0) is 62.8. The van der Waals surface area contributed by atoms with Gasteiger partial charge in [-0.3, -0.25) is 4.98 Å². The summed E-state index contributed by atoms with van der Waals surface area (Å²) in [6.07, 6.45) is 1.75. The van der Waals surface area contributed by atoms with Crippen LogP contribution in [-0.2, 0) is 0 Å². The molecule has 0 aliphatic carbocycles. The number of nitrogens with zero attached hydrogens (tertiary/aromatic N) is 7. The Hall–Kier alpha value is -12.5. The highest BCUT2D eigenvalue weighted by molar-refractivity contribution is 6.13. The zero-order valence-electron chi connectivity index (χ0n) is 49.1. The van der Waals surface area contributed by atoms with E-state index in [2.05, 4.69) is 4.85 Å². The van der Waals surface area contributed by atoms with Crippen LogP contribution in [0.4, 0.5) is 27.6 Å². The van der Waals surface area contributed by atoms with Crippen molar-refractivity contribution in [2.24, 2.45) is 0 Å². The lowest BCUT2D eigenvalue weighted by molar-refractivity contribution is 0.381. The van der Waals surface area contributed by atoms with Crippen LogP contribution in [0.15, 0.2) is 279 Å². The van der Waals surface area contributed by atoms with E-state index in [9.17, 15) is 0 Å². The summed E-state index contributed by atoms with van der Waals surface area (Å²) in [5, 5.41) is 1.92. The molecule has 0 bridgehead atoms. The van der Waals surface area contributed by atoms with Gasteiger partial charge in [0.15, 0.2) is 29.0 Å². The van der Waals surface area contributed by atoms with Gasteiger partial charge in [-0.25, -0.2) is 41.7 Å². The summed E-state index contributed by atoms with van der Waals surface area (Å²) in [7, 11) is 0. The molecule has 0 unspecified atom stereocenters. The molecule has 0 atom stereocenters. The van der Waals surface area contributed by atoms with Crippen molar-refractivity contribution in [2.45, 2.75) is 0 Å². The molecule has 0 saturated heterocycles. The fourth-order valence-electron chi connectivity index (χ4n) is 12.8. The molecule has 7 nitrogen and oxygen atoms in total. The fraction of sp³-hybridized carbons (Fsp3) is 0. The summed E-state index contributed by atoms with van der Waals surface area (Å²) in [5.41, 5.74) is 12.2. The highest BCUT2D eigenvalue weighted by Gasteiger charge is 2.33. The van der Waals surface area contributed by atoms with Gasteiger partial charge < -0.3 is 9.13 Å². The highest BCUT2D eigenvalue weighted by Crippen LogP contribution is 2.48. The van der Waals surface area contributed by atoms with Crippen molar-refractivity contribution in [1.29, 1.82) is 0 Å². The Morgan fingerprint density at radius 2 is 0.624 bits per heavy atom. The maximum absolute atomic E-state index is 17.8. The van der Waals surface area contributed by atoms with E-state index in [1.807, 2.05) is 261 Å². The number of benzene rings is 10. The fourth-order valence-corrected chi connectivity index (χ4v) is 12.8. The number of aromatic nitrogens is 6. The Balaban J connectivity index is 1.03. The highest BCUT2D eigenvalue weighted by atomic mass is 19.2. The normalized spacial score (nSPS) is 11.5. The van der Waals surface area contributed by atoms with E-state index in [4.69, 9.17) is 26.5 Å². The Morgan fingerprint density at radius 1 is 0.280 bits per heavy atom. The number of rotatable bonds is 11. The van der Waals surface area contributed by atoms with Crippen molar-refractivity contribution in [3.8, 4) is 112 Å². The summed E-state index contributed by atoms with van der Waals surface area (Å²) < 4.78 is 87.9. The van der Waals surface area contributed by atoms with Crippen LogP contribution in [0.25, 0.3) is 161 Å². The van der Waals surface area contributed by atoms with E-state index in [1.54, 1.807) is 15.3 Å². The molecule has 0 aliphatic heterocycles. The summed E-state index contributed by atoms with van der Waals surface area (Å²) in [5.74, 6) is -10.8. The number of pyridine rings is 4. The molecule has 6 aromatic heterocycles.